The van der Waals surface area contributed by atoms with Crippen LogP contribution >= 0.6 is 0 Å². The van der Waals surface area contributed by atoms with Crippen LogP contribution in [0, 0.1) is 17.2 Å². The fraction of sp³-hybridized carbons (Fsp3) is 0.933. The van der Waals surface area contributed by atoms with E-state index in [2.05, 4.69) is 49.1 Å². The van der Waals surface area contributed by atoms with Gasteiger partial charge in [0.25, 0.3) is 0 Å². The summed E-state index contributed by atoms with van der Waals surface area (Å²) in [4.78, 5) is 4.71. The van der Waals surface area contributed by atoms with Crippen LogP contribution in [-0.2, 0) is 0 Å². The van der Waals surface area contributed by atoms with Gasteiger partial charge in [0.05, 0.1) is 12.1 Å². The van der Waals surface area contributed by atoms with Gasteiger partial charge in [-0.3, -0.25) is 5.32 Å². The van der Waals surface area contributed by atoms with Crippen molar-refractivity contribution in [3.63, 3.8) is 0 Å². The average molecular weight is 266 g/mol. The van der Waals surface area contributed by atoms with Gasteiger partial charge in [-0.15, -0.1) is 0 Å². The third-order valence-electron chi connectivity index (χ3n) is 3.39. The van der Waals surface area contributed by atoms with Crippen LogP contribution in [0.15, 0.2) is 0 Å². The molecule has 1 N–H and O–H groups in total. The fourth-order valence-corrected chi connectivity index (χ4v) is 2.18. The van der Waals surface area contributed by atoms with Gasteiger partial charge in [-0.05, 0) is 39.3 Å². The second-order valence-electron chi connectivity index (χ2n) is 6.41. The van der Waals surface area contributed by atoms with E-state index in [1.807, 2.05) is 0 Å². The Labute approximate surface area is 118 Å². The molecule has 0 radical (unpaired) electrons. The van der Waals surface area contributed by atoms with Crippen molar-refractivity contribution >= 4 is 0 Å². The Kier molecular flexibility index (Phi) is 7.37. The van der Waals surface area contributed by atoms with Gasteiger partial charge in [0.2, 0.25) is 0 Å². The lowest BCUT2D eigenvalue weighted by molar-refractivity contribution is 0.212. The molecule has 0 saturated heterocycles. The molecule has 1 saturated carbocycles. The molecule has 1 aliphatic rings. The largest absolute Gasteiger partial charge is 0.308 e. The van der Waals surface area contributed by atoms with Gasteiger partial charge >= 0.3 is 0 Å². The molecule has 1 fully saturated rings. The first kappa shape index (κ1) is 16.4. The van der Waals surface area contributed by atoms with Crippen molar-refractivity contribution in [2.24, 2.45) is 5.92 Å². The number of nitrogens with zero attached hydrogens (tertiary/aromatic N) is 3. The van der Waals surface area contributed by atoms with Crippen molar-refractivity contribution in [3.05, 3.63) is 0 Å². The minimum Gasteiger partial charge on any atom is -0.308 e. The molecule has 1 rings (SSSR count). The van der Waals surface area contributed by atoms with Crippen molar-refractivity contribution in [1.29, 1.82) is 5.26 Å². The Bertz CT molecular complexity index is 278. The first-order chi connectivity index (χ1) is 9.01. The van der Waals surface area contributed by atoms with Gasteiger partial charge in [-0.2, -0.15) is 5.26 Å². The van der Waals surface area contributed by atoms with Gasteiger partial charge in [0, 0.05) is 32.2 Å². The summed E-state index contributed by atoms with van der Waals surface area (Å²) in [6.07, 6.45) is 3.43. The lowest BCUT2D eigenvalue weighted by atomic mass is 10.1. The normalized spacial score (nSPS) is 17.2. The highest BCUT2D eigenvalue weighted by molar-refractivity contribution is 4.96. The van der Waals surface area contributed by atoms with Gasteiger partial charge in [0.15, 0.2) is 0 Å². The number of rotatable bonds is 10. The van der Waals surface area contributed by atoms with E-state index >= 15 is 0 Å². The van der Waals surface area contributed by atoms with E-state index in [1.54, 1.807) is 0 Å². The van der Waals surface area contributed by atoms with Crippen LogP contribution in [-0.4, -0.2) is 62.2 Å². The van der Waals surface area contributed by atoms with Gasteiger partial charge in [-0.1, -0.05) is 13.8 Å². The maximum atomic E-state index is 9.18. The summed E-state index contributed by atoms with van der Waals surface area (Å²) in [6.45, 7) is 8.83. The minimum atomic E-state index is 0.0292. The molecular formula is C15H30N4. The SMILES string of the molecule is CC(C)CN(CCC(C#N)NC1CC1)CCN(C)C. The standard InChI is InChI=1S/C15H30N4/c1-13(2)12-19(10-9-18(3)4)8-7-15(11-16)17-14-5-6-14/h13-15,17H,5-10,12H2,1-4H3. The highest BCUT2D eigenvalue weighted by Crippen LogP contribution is 2.19. The van der Waals surface area contributed by atoms with Crippen molar-refractivity contribution in [2.75, 3.05) is 40.3 Å². The molecule has 1 unspecified atom stereocenters. The third kappa shape index (κ3) is 8.20. The van der Waals surface area contributed by atoms with E-state index in [1.165, 1.54) is 12.8 Å². The van der Waals surface area contributed by atoms with E-state index in [-0.39, 0.29) is 6.04 Å². The van der Waals surface area contributed by atoms with E-state index < -0.39 is 0 Å². The maximum absolute atomic E-state index is 9.18. The lowest BCUT2D eigenvalue weighted by Gasteiger charge is -2.26. The van der Waals surface area contributed by atoms with E-state index in [4.69, 9.17) is 0 Å². The van der Waals surface area contributed by atoms with Crippen LogP contribution < -0.4 is 5.32 Å². The van der Waals surface area contributed by atoms with Crippen molar-refractivity contribution in [1.82, 2.24) is 15.1 Å². The molecule has 4 nitrogen and oxygen atoms in total. The topological polar surface area (TPSA) is 42.3 Å². The minimum absolute atomic E-state index is 0.0292. The number of hydrogen-bond acceptors (Lipinski definition) is 4. The molecule has 4 heteroatoms. The predicted molar refractivity (Wildman–Crippen MR) is 80.0 cm³/mol. The zero-order valence-corrected chi connectivity index (χ0v) is 13.0. The lowest BCUT2D eigenvalue weighted by Crippen LogP contribution is -2.38. The van der Waals surface area contributed by atoms with Gasteiger partial charge in [-0.25, -0.2) is 0 Å². The quantitative estimate of drug-likeness (QED) is 0.651. The summed E-state index contributed by atoms with van der Waals surface area (Å²) in [5, 5.41) is 12.6. The Hall–Kier alpha value is -0.630. The Morgan fingerprint density at radius 1 is 1.21 bits per heavy atom. The second-order valence-corrected chi connectivity index (χ2v) is 6.41. The molecule has 1 aliphatic carbocycles. The molecule has 110 valence electrons. The Balaban J connectivity index is 2.30. The predicted octanol–water partition coefficient (Wildman–Crippen LogP) is 1.54. The summed E-state index contributed by atoms with van der Waals surface area (Å²) in [6, 6.07) is 3.04. The highest BCUT2D eigenvalue weighted by Gasteiger charge is 2.24. The molecule has 0 spiro atoms. The summed E-state index contributed by atoms with van der Waals surface area (Å²) in [5.74, 6) is 0.680. The van der Waals surface area contributed by atoms with E-state index in [0.29, 0.717) is 12.0 Å². The number of nitrogens with one attached hydrogen (secondary N) is 1. The van der Waals surface area contributed by atoms with Crippen LogP contribution in [0.4, 0.5) is 0 Å². The van der Waals surface area contributed by atoms with Crippen LogP contribution in [0.3, 0.4) is 0 Å². The number of likely N-dealkylation sites (N-methyl/N-ethyl adjacent to an activating group) is 1. The van der Waals surface area contributed by atoms with Gasteiger partial charge in [0.1, 0.15) is 0 Å². The van der Waals surface area contributed by atoms with Crippen LogP contribution in [0.5, 0.6) is 0 Å². The van der Waals surface area contributed by atoms with Crippen molar-refractivity contribution in [2.45, 2.75) is 45.2 Å². The first-order valence-electron chi connectivity index (χ1n) is 7.54. The molecule has 0 aromatic heterocycles. The van der Waals surface area contributed by atoms with Crippen molar-refractivity contribution in [3.8, 4) is 6.07 Å². The van der Waals surface area contributed by atoms with Crippen LogP contribution in [0.2, 0.25) is 0 Å². The summed E-state index contributed by atoms with van der Waals surface area (Å²) in [5.41, 5.74) is 0. The van der Waals surface area contributed by atoms with Crippen molar-refractivity contribution < 1.29 is 0 Å². The molecule has 0 bridgehead atoms. The zero-order valence-electron chi connectivity index (χ0n) is 13.0. The summed E-state index contributed by atoms with van der Waals surface area (Å²) < 4.78 is 0. The summed E-state index contributed by atoms with van der Waals surface area (Å²) in [7, 11) is 4.22. The molecular weight excluding hydrogens is 236 g/mol. The Morgan fingerprint density at radius 2 is 1.89 bits per heavy atom. The molecule has 0 aromatic carbocycles. The third-order valence-corrected chi connectivity index (χ3v) is 3.39. The fourth-order valence-electron chi connectivity index (χ4n) is 2.18. The highest BCUT2D eigenvalue weighted by atomic mass is 15.2. The van der Waals surface area contributed by atoms with Gasteiger partial charge < -0.3 is 9.80 Å². The molecule has 0 heterocycles. The average Bonchev–Trinajstić information content (AvgIpc) is 3.13. The molecule has 19 heavy (non-hydrogen) atoms. The molecule has 0 aliphatic heterocycles. The van der Waals surface area contributed by atoms with E-state index in [9.17, 15) is 5.26 Å². The first-order valence-corrected chi connectivity index (χ1v) is 7.54. The summed E-state index contributed by atoms with van der Waals surface area (Å²) >= 11 is 0. The number of nitriles is 1. The smallest absolute Gasteiger partial charge is 0.0967 e. The molecule has 1 atom stereocenters. The molecule has 0 amide bonds. The van der Waals surface area contributed by atoms with Crippen LogP contribution in [0.25, 0.3) is 0 Å². The zero-order chi connectivity index (χ0) is 14.3. The Morgan fingerprint density at radius 3 is 2.37 bits per heavy atom. The monoisotopic (exact) mass is 266 g/mol. The molecule has 0 aromatic rings. The van der Waals surface area contributed by atoms with Crippen LogP contribution in [0.1, 0.15) is 33.1 Å². The second kappa shape index (κ2) is 8.52. The maximum Gasteiger partial charge on any atom is 0.0967 e. The van der Waals surface area contributed by atoms with E-state index in [0.717, 1.165) is 32.6 Å². The number of hydrogen-bond donors (Lipinski definition) is 1.